The first-order chi connectivity index (χ1) is 10.2. The van der Waals surface area contributed by atoms with Crippen molar-refractivity contribution in [3.8, 4) is 6.07 Å². The first-order valence-electron chi connectivity index (χ1n) is 6.57. The Balaban J connectivity index is 2.34. The van der Waals surface area contributed by atoms with Crippen LogP contribution in [0.15, 0.2) is 42.7 Å². The Labute approximate surface area is 123 Å². The zero-order chi connectivity index (χ0) is 15.2. The molecule has 1 N–H and O–H groups in total. The van der Waals surface area contributed by atoms with Gasteiger partial charge in [-0.25, -0.2) is 4.79 Å². The van der Waals surface area contributed by atoms with E-state index < -0.39 is 5.97 Å². The zero-order valence-corrected chi connectivity index (χ0v) is 11.7. The Kier molecular flexibility index (Phi) is 4.52. The predicted octanol–water partition coefficient (Wildman–Crippen LogP) is 2.68. The lowest BCUT2D eigenvalue weighted by atomic mass is 10.1. The van der Waals surface area contributed by atoms with Crippen LogP contribution in [0.5, 0.6) is 0 Å². The molecule has 0 amide bonds. The summed E-state index contributed by atoms with van der Waals surface area (Å²) in [7, 11) is 0. The molecular weight excluding hydrogens is 266 g/mol. The Bertz CT molecular complexity index is 678. The number of nitriles is 1. The van der Waals surface area contributed by atoms with Crippen molar-refractivity contribution in [3.05, 3.63) is 59.4 Å². The van der Waals surface area contributed by atoms with Crippen molar-refractivity contribution in [3.63, 3.8) is 0 Å². The van der Waals surface area contributed by atoms with E-state index in [0.717, 1.165) is 11.3 Å². The lowest BCUT2D eigenvalue weighted by molar-refractivity contribution is 0.0697. The molecule has 1 heterocycles. The average molecular weight is 281 g/mol. The van der Waals surface area contributed by atoms with E-state index in [1.165, 1.54) is 12.1 Å². The maximum absolute atomic E-state index is 11.0. The van der Waals surface area contributed by atoms with Crippen LogP contribution in [0.4, 0.5) is 5.69 Å². The van der Waals surface area contributed by atoms with Gasteiger partial charge in [0.15, 0.2) is 0 Å². The van der Waals surface area contributed by atoms with Crippen molar-refractivity contribution < 1.29 is 9.90 Å². The van der Waals surface area contributed by atoms with Crippen LogP contribution in [0.3, 0.4) is 0 Å². The van der Waals surface area contributed by atoms with Crippen LogP contribution in [0.25, 0.3) is 0 Å². The maximum atomic E-state index is 11.0. The molecule has 0 atom stereocenters. The molecule has 5 heteroatoms. The molecule has 0 spiro atoms. The summed E-state index contributed by atoms with van der Waals surface area (Å²) in [4.78, 5) is 17.0. The van der Waals surface area contributed by atoms with Crippen molar-refractivity contribution in [2.75, 3.05) is 11.4 Å². The highest BCUT2D eigenvalue weighted by Crippen LogP contribution is 2.23. The minimum atomic E-state index is -1.03. The monoisotopic (exact) mass is 281 g/mol. The third-order valence-corrected chi connectivity index (χ3v) is 3.21. The number of aromatic nitrogens is 1. The van der Waals surface area contributed by atoms with Crippen LogP contribution in [0.2, 0.25) is 0 Å². The summed E-state index contributed by atoms with van der Waals surface area (Å²) in [5.41, 5.74) is 2.31. The van der Waals surface area contributed by atoms with Crippen molar-refractivity contribution in [2.24, 2.45) is 0 Å². The van der Waals surface area contributed by atoms with Gasteiger partial charge in [0.25, 0.3) is 0 Å². The summed E-state index contributed by atoms with van der Waals surface area (Å²) in [6, 6.07) is 10.5. The second-order valence-corrected chi connectivity index (χ2v) is 4.52. The maximum Gasteiger partial charge on any atom is 0.335 e. The number of hydrogen-bond donors (Lipinski definition) is 1. The van der Waals surface area contributed by atoms with E-state index in [-0.39, 0.29) is 5.56 Å². The van der Waals surface area contributed by atoms with Gasteiger partial charge < -0.3 is 10.0 Å². The number of carbonyl (C=O) groups is 1. The molecular formula is C16H15N3O2. The van der Waals surface area contributed by atoms with Gasteiger partial charge in [0, 0.05) is 25.5 Å². The van der Waals surface area contributed by atoms with Crippen molar-refractivity contribution in [1.82, 2.24) is 4.98 Å². The largest absolute Gasteiger partial charge is 0.478 e. The van der Waals surface area contributed by atoms with Crippen molar-refractivity contribution in [2.45, 2.75) is 13.5 Å². The highest BCUT2D eigenvalue weighted by Gasteiger charge is 2.13. The lowest BCUT2D eigenvalue weighted by Crippen LogP contribution is -2.23. The number of benzene rings is 1. The first-order valence-corrected chi connectivity index (χ1v) is 6.57. The Morgan fingerprint density at radius 3 is 2.62 bits per heavy atom. The third kappa shape index (κ3) is 3.37. The fourth-order valence-electron chi connectivity index (χ4n) is 2.11. The minimum absolute atomic E-state index is 0.121. The van der Waals surface area contributed by atoms with Crippen LogP contribution >= 0.6 is 0 Å². The van der Waals surface area contributed by atoms with E-state index in [4.69, 9.17) is 5.11 Å². The Morgan fingerprint density at radius 2 is 2.05 bits per heavy atom. The van der Waals surface area contributed by atoms with Gasteiger partial charge in [-0.05, 0) is 42.8 Å². The standard InChI is InChI=1S/C16H15N3O2/c1-2-19(11-12-5-7-18-8-6-12)15-4-3-13(16(20)21)9-14(15)10-17/h3-9H,2,11H2,1H3,(H,20,21). The summed E-state index contributed by atoms with van der Waals surface area (Å²) in [5.74, 6) is -1.03. The van der Waals surface area contributed by atoms with Gasteiger partial charge in [-0.15, -0.1) is 0 Å². The molecule has 0 unspecified atom stereocenters. The number of nitrogens with zero attached hydrogens (tertiary/aromatic N) is 3. The molecule has 1 aromatic carbocycles. The molecule has 0 aliphatic carbocycles. The second-order valence-electron chi connectivity index (χ2n) is 4.52. The van der Waals surface area contributed by atoms with Crippen molar-refractivity contribution >= 4 is 11.7 Å². The van der Waals surface area contributed by atoms with Gasteiger partial charge in [-0.3, -0.25) is 4.98 Å². The van der Waals surface area contributed by atoms with Gasteiger partial charge in [0.2, 0.25) is 0 Å². The molecule has 5 nitrogen and oxygen atoms in total. The summed E-state index contributed by atoms with van der Waals surface area (Å²) >= 11 is 0. The molecule has 1 aromatic heterocycles. The van der Waals surface area contributed by atoms with Crippen LogP contribution in [0.1, 0.15) is 28.4 Å². The fraction of sp³-hybridized carbons (Fsp3) is 0.188. The molecule has 0 radical (unpaired) electrons. The van der Waals surface area contributed by atoms with E-state index in [2.05, 4.69) is 11.1 Å². The quantitative estimate of drug-likeness (QED) is 0.911. The Morgan fingerprint density at radius 1 is 1.33 bits per heavy atom. The van der Waals surface area contributed by atoms with Gasteiger partial charge >= 0.3 is 5.97 Å². The number of anilines is 1. The molecule has 2 aromatic rings. The minimum Gasteiger partial charge on any atom is -0.478 e. The summed E-state index contributed by atoms with van der Waals surface area (Å²) in [6.07, 6.45) is 3.45. The molecule has 0 saturated heterocycles. The summed E-state index contributed by atoms with van der Waals surface area (Å²) in [5, 5.41) is 18.3. The number of hydrogen-bond acceptors (Lipinski definition) is 4. The molecule has 106 valence electrons. The average Bonchev–Trinajstić information content (AvgIpc) is 2.53. The van der Waals surface area contributed by atoms with E-state index in [1.807, 2.05) is 24.0 Å². The number of pyridine rings is 1. The molecule has 0 bridgehead atoms. The highest BCUT2D eigenvalue weighted by molar-refractivity contribution is 5.89. The SMILES string of the molecule is CCN(Cc1ccncc1)c1ccc(C(=O)O)cc1C#N. The van der Waals surface area contributed by atoms with E-state index in [9.17, 15) is 10.1 Å². The van der Waals surface area contributed by atoms with Crippen LogP contribution < -0.4 is 4.90 Å². The number of carboxylic acid groups (broad SMARTS) is 1. The third-order valence-electron chi connectivity index (χ3n) is 3.21. The molecule has 2 rings (SSSR count). The topological polar surface area (TPSA) is 77.2 Å². The smallest absolute Gasteiger partial charge is 0.335 e. The molecule has 0 fully saturated rings. The van der Waals surface area contributed by atoms with Crippen molar-refractivity contribution in [1.29, 1.82) is 5.26 Å². The zero-order valence-electron chi connectivity index (χ0n) is 11.7. The van der Waals surface area contributed by atoms with Gasteiger partial charge in [-0.2, -0.15) is 5.26 Å². The molecule has 21 heavy (non-hydrogen) atoms. The normalized spacial score (nSPS) is 9.90. The van der Waals surface area contributed by atoms with Gasteiger partial charge in [0.05, 0.1) is 16.8 Å². The number of aromatic carboxylic acids is 1. The molecule has 0 saturated carbocycles. The molecule has 0 aliphatic rings. The highest BCUT2D eigenvalue weighted by atomic mass is 16.4. The summed E-state index contributed by atoms with van der Waals surface area (Å²) in [6.45, 7) is 3.34. The van der Waals surface area contributed by atoms with Crippen LogP contribution in [-0.2, 0) is 6.54 Å². The number of rotatable bonds is 5. The van der Waals surface area contributed by atoms with E-state index in [0.29, 0.717) is 18.7 Å². The second kappa shape index (κ2) is 6.53. The lowest BCUT2D eigenvalue weighted by Gasteiger charge is -2.24. The van der Waals surface area contributed by atoms with Crippen LogP contribution in [-0.4, -0.2) is 22.6 Å². The molecule has 0 aliphatic heterocycles. The van der Waals surface area contributed by atoms with E-state index in [1.54, 1.807) is 18.5 Å². The van der Waals surface area contributed by atoms with Gasteiger partial charge in [0.1, 0.15) is 6.07 Å². The summed E-state index contributed by atoms with van der Waals surface area (Å²) < 4.78 is 0. The van der Waals surface area contributed by atoms with Crippen LogP contribution in [0, 0.1) is 11.3 Å². The fourth-order valence-corrected chi connectivity index (χ4v) is 2.11. The van der Waals surface area contributed by atoms with E-state index >= 15 is 0 Å². The predicted molar refractivity (Wildman–Crippen MR) is 79.1 cm³/mol. The first kappa shape index (κ1) is 14.5. The van der Waals surface area contributed by atoms with Gasteiger partial charge in [-0.1, -0.05) is 0 Å². The number of carboxylic acids is 1. The Hall–Kier alpha value is -2.87.